The predicted molar refractivity (Wildman–Crippen MR) is 124 cm³/mol. The number of carbonyl (C=O) groups excluding carboxylic acids is 3. The Morgan fingerprint density at radius 3 is 2.38 bits per heavy atom. The van der Waals surface area contributed by atoms with E-state index in [0.717, 1.165) is 28.4 Å². The summed E-state index contributed by atoms with van der Waals surface area (Å²) in [5, 5.41) is 1.64. The predicted octanol–water partition coefficient (Wildman–Crippen LogP) is 3.67. The molecule has 1 aromatic heterocycles. The second kappa shape index (κ2) is 8.52. The van der Waals surface area contributed by atoms with Gasteiger partial charge in [0.25, 0.3) is 11.8 Å². The molecule has 1 fully saturated rings. The molecule has 0 spiro atoms. The first kappa shape index (κ1) is 20.9. The van der Waals surface area contributed by atoms with Crippen molar-refractivity contribution in [2.75, 3.05) is 37.6 Å². The van der Waals surface area contributed by atoms with Gasteiger partial charge in [-0.25, -0.2) is 4.98 Å². The molecule has 0 unspecified atom stereocenters. The van der Waals surface area contributed by atoms with Gasteiger partial charge in [0.05, 0.1) is 21.3 Å². The smallest absolute Gasteiger partial charge is 0.261 e. The summed E-state index contributed by atoms with van der Waals surface area (Å²) in [4.78, 5) is 47.5. The summed E-state index contributed by atoms with van der Waals surface area (Å²) in [5.74, 6) is -0.495. The third-order valence-corrected chi connectivity index (χ3v) is 7.21. The van der Waals surface area contributed by atoms with Gasteiger partial charge in [-0.2, -0.15) is 0 Å². The number of piperazine rings is 1. The first-order chi connectivity index (χ1) is 15.5. The molecule has 2 aliphatic rings. The number of anilines is 1. The molecule has 3 heterocycles. The van der Waals surface area contributed by atoms with E-state index >= 15 is 0 Å². The standard InChI is InChI=1S/C23H21ClN4O3S/c24-15-7-8-18-19(14-15)32-23(25-18)27-12-10-26(11-13-27)20(29)6-3-9-28-21(30)16-4-1-2-5-17(16)22(28)31/h1-2,4-5,7-8,14H,3,6,9-13H2. The lowest BCUT2D eigenvalue weighted by molar-refractivity contribution is -0.131. The lowest BCUT2D eigenvalue weighted by Crippen LogP contribution is -2.48. The third-order valence-electron chi connectivity index (χ3n) is 5.89. The Morgan fingerprint density at radius 1 is 1.00 bits per heavy atom. The molecule has 7 nitrogen and oxygen atoms in total. The summed E-state index contributed by atoms with van der Waals surface area (Å²) in [6, 6.07) is 12.5. The number of imide groups is 1. The molecular formula is C23H21ClN4O3S. The van der Waals surface area contributed by atoms with Gasteiger partial charge in [-0.3, -0.25) is 19.3 Å². The second-order valence-corrected chi connectivity index (χ2v) is 9.33. The summed E-state index contributed by atoms with van der Waals surface area (Å²) in [6.45, 7) is 2.95. The molecule has 3 aromatic rings. The van der Waals surface area contributed by atoms with Gasteiger partial charge in [0.15, 0.2) is 5.13 Å². The van der Waals surface area contributed by atoms with Crippen molar-refractivity contribution in [3.8, 4) is 0 Å². The van der Waals surface area contributed by atoms with E-state index in [1.165, 1.54) is 4.90 Å². The van der Waals surface area contributed by atoms with E-state index < -0.39 is 0 Å². The molecule has 5 rings (SSSR count). The number of fused-ring (bicyclic) bond motifs is 2. The van der Waals surface area contributed by atoms with Gasteiger partial charge in [-0.15, -0.1) is 0 Å². The fraction of sp³-hybridized carbons (Fsp3) is 0.304. The minimum absolute atomic E-state index is 0.0531. The first-order valence-electron chi connectivity index (χ1n) is 10.6. The maximum Gasteiger partial charge on any atom is 0.261 e. The molecule has 0 aliphatic carbocycles. The van der Waals surface area contributed by atoms with Crippen molar-refractivity contribution in [2.24, 2.45) is 0 Å². The van der Waals surface area contributed by atoms with Gasteiger partial charge >= 0.3 is 0 Å². The third kappa shape index (κ3) is 3.84. The summed E-state index contributed by atoms with van der Waals surface area (Å²) in [6.07, 6.45) is 0.774. The van der Waals surface area contributed by atoms with Crippen LogP contribution in [0.5, 0.6) is 0 Å². The molecule has 32 heavy (non-hydrogen) atoms. The van der Waals surface area contributed by atoms with Crippen LogP contribution < -0.4 is 4.90 Å². The van der Waals surface area contributed by atoms with Crippen molar-refractivity contribution in [3.63, 3.8) is 0 Å². The highest BCUT2D eigenvalue weighted by Crippen LogP contribution is 2.31. The fourth-order valence-electron chi connectivity index (χ4n) is 4.16. The van der Waals surface area contributed by atoms with E-state index in [2.05, 4.69) is 9.88 Å². The van der Waals surface area contributed by atoms with Crippen molar-refractivity contribution in [2.45, 2.75) is 12.8 Å². The quantitative estimate of drug-likeness (QED) is 0.534. The normalized spacial score (nSPS) is 16.2. The Labute approximate surface area is 194 Å². The van der Waals surface area contributed by atoms with Crippen molar-refractivity contribution in [3.05, 3.63) is 58.6 Å². The number of thiazole rings is 1. The summed E-state index contributed by atoms with van der Waals surface area (Å²) >= 11 is 7.68. The molecule has 0 radical (unpaired) electrons. The molecule has 0 bridgehead atoms. The van der Waals surface area contributed by atoms with Gasteiger partial charge in [-0.05, 0) is 36.8 Å². The number of carbonyl (C=O) groups is 3. The minimum Gasteiger partial charge on any atom is -0.345 e. The van der Waals surface area contributed by atoms with E-state index in [1.54, 1.807) is 35.6 Å². The average molecular weight is 469 g/mol. The lowest BCUT2D eigenvalue weighted by atomic mass is 10.1. The summed E-state index contributed by atoms with van der Waals surface area (Å²) in [5.41, 5.74) is 1.81. The molecular weight excluding hydrogens is 448 g/mol. The lowest BCUT2D eigenvalue weighted by Gasteiger charge is -2.34. The van der Waals surface area contributed by atoms with Crippen LogP contribution in [0.2, 0.25) is 5.02 Å². The van der Waals surface area contributed by atoms with Gasteiger partial charge in [0.1, 0.15) is 0 Å². The maximum absolute atomic E-state index is 12.7. The van der Waals surface area contributed by atoms with E-state index in [4.69, 9.17) is 11.6 Å². The van der Waals surface area contributed by atoms with Crippen LogP contribution in [0.3, 0.4) is 0 Å². The number of amides is 3. The van der Waals surface area contributed by atoms with Gasteiger partial charge in [-0.1, -0.05) is 35.1 Å². The van der Waals surface area contributed by atoms with Crippen molar-refractivity contribution < 1.29 is 14.4 Å². The summed E-state index contributed by atoms with van der Waals surface area (Å²) < 4.78 is 1.05. The number of benzene rings is 2. The topological polar surface area (TPSA) is 73.8 Å². The minimum atomic E-state index is -0.274. The van der Waals surface area contributed by atoms with Gasteiger partial charge in [0.2, 0.25) is 5.91 Å². The maximum atomic E-state index is 12.7. The Balaban J connectivity index is 1.12. The molecule has 3 amide bonds. The van der Waals surface area contributed by atoms with E-state index in [9.17, 15) is 14.4 Å². The van der Waals surface area contributed by atoms with Crippen LogP contribution in [0.25, 0.3) is 10.2 Å². The molecule has 0 N–H and O–H groups in total. The zero-order valence-corrected chi connectivity index (χ0v) is 18.9. The Bertz CT molecular complexity index is 1180. The monoisotopic (exact) mass is 468 g/mol. The van der Waals surface area contributed by atoms with Crippen LogP contribution in [0, 0.1) is 0 Å². The number of nitrogens with zero attached hydrogens (tertiary/aromatic N) is 4. The van der Waals surface area contributed by atoms with Crippen LogP contribution in [0.15, 0.2) is 42.5 Å². The Morgan fingerprint density at radius 2 is 1.69 bits per heavy atom. The van der Waals surface area contributed by atoms with Gasteiger partial charge < -0.3 is 9.80 Å². The van der Waals surface area contributed by atoms with E-state index in [1.807, 2.05) is 23.1 Å². The average Bonchev–Trinajstić information content (AvgIpc) is 3.33. The molecule has 0 saturated carbocycles. The largest absolute Gasteiger partial charge is 0.345 e. The number of hydrogen-bond acceptors (Lipinski definition) is 6. The SMILES string of the molecule is O=C(CCCN1C(=O)c2ccccc2C1=O)N1CCN(c2nc3ccc(Cl)cc3s2)CC1. The van der Waals surface area contributed by atoms with E-state index in [0.29, 0.717) is 42.1 Å². The highest BCUT2D eigenvalue weighted by molar-refractivity contribution is 7.22. The number of rotatable bonds is 5. The molecule has 9 heteroatoms. The molecule has 1 saturated heterocycles. The fourth-order valence-corrected chi connectivity index (χ4v) is 5.45. The Hall–Kier alpha value is -2.97. The highest BCUT2D eigenvalue weighted by atomic mass is 35.5. The van der Waals surface area contributed by atoms with Crippen molar-refractivity contribution >= 4 is 56.0 Å². The molecule has 0 atom stereocenters. The number of halogens is 1. The first-order valence-corrected chi connectivity index (χ1v) is 11.7. The number of aromatic nitrogens is 1. The Kier molecular flexibility index (Phi) is 5.57. The second-order valence-electron chi connectivity index (χ2n) is 7.89. The molecule has 2 aliphatic heterocycles. The highest BCUT2D eigenvalue weighted by Gasteiger charge is 2.34. The van der Waals surface area contributed by atoms with Crippen molar-refractivity contribution in [1.29, 1.82) is 0 Å². The van der Waals surface area contributed by atoms with Crippen LogP contribution in [0.1, 0.15) is 33.6 Å². The zero-order valence-electron chi connectivity index (χ0n) is 17.3. The zero-order chi connectivity index (χ0) is 22.2. The van der Waals surface area contributed by atoms with Gasteiger partial charge in [0, 0.05) is 44.2 Å². The number of hydrogen-bond donors (Lipinski definition) is 0. The molecule has 164 valence electrons. The molecule has 2 aromatic carbocycles. The summed E-state index contributed by atoms with van der Waals surface area (Å²) in [7, 11) is 0. The van der Waals surface area contributed by atoms with Crippen LogP contribution in [-0.4, -0.2) is 65.2 Å². The van der Waals surface area contributed by atoms with Crippen LogP contribution in [-0.2, 0) is 4.79 Å². The van der Waals surface area contributed by atoms with Crippen LogP contribution >= 0.6 is 22.9 Å². The van der Waals surface area contributed by atoms with Crippen LogP contribution in [0.4, 0.5) is 5.13 Å². The van der Waals surface area contributed by atoms with Crippen molar-refractivity contribution in [1.82, 2.24) is 14.8 Å². The van der Waals surface area contributed by atoms with E-state index in [-0.39, 0.29) is 24.3 Å².